The Morgan fingerprint density at radius 2 is 1.96 bits per heavy atom. The standard InChI is InChI=1S/C18H14BrNO4/c1-22-14-5-3-4-11(9-14)17-20-15(18(21)24-17)10-12-8-13(19)6-7-16(12)23-2/h3-10H,1-2H3/b15-10+. The van der Waals surface area contributed by atoms with Crippen LogP contribution in [0.4, 0.5) is 0 Å². The lowest BCUT2D eigenvalue weighted by Crippen LogP contribution is -2.05. The third-order valence-corrected chi connectivity index (χ3v) is 3.91. The number of esters is 1. The molecule has 122 valence electrons. The quantitative estimate of drug-likeness (QED) is 0.591. The van der Waals surface area contributed by atoms with E-state index in [4.69, 9.17) is 14.2 Å². The molecule has 1 heterocycles. The highest BCUT2D eigenvalue weighted by Crippen LogP contribution is 2.27. The first-order valence-electron chi connectivity index (χ1n) is 7.11. The first kappa shape index (κ1) is 16.3. The number of carbonyl (C=O) groups excluding carboxylic acids is 1. The van der Waals surface area contributed by atoms with Crippen molar-refractivity contribution in [2.45, 2.75) is 0 Å². The number of methoxy groups -OCH3 is 2. The fraction of sp³-hybridized carbons (Fsp3) is 0.111. The summed E-state index contributed by atoms with van der Waals surface area (Å²) < 4.78 is 16.6. The summed E-state index contributed by atoms with van der Waals surface area (Å²) in [5.41, 5.74) is 1.62. The molecule has 5 nitrogen and oxygen atoms in total. The average molecular weight is 388 g/mol. The van der Waals surface area contributed by atoms with Gasteiger partial charge in [0.2, 0.25) is 5.90 Å². The molecule has 24 heavy (non-hydrogen) atoms. The third-order valence-electron chi connectivity index (χ3n) is 3.42. The number of aliphatic imine (C=N–C) groups is 1. The van der Waals surface area contributed by atoms with Crippen LogP contribution >= 0.6 is 15.9 Å². The van der Waals surface area contributed by atoms with E-state index in [1.165, 1.54) is 0 Å². The van der Waals surface area contributed by atoms with Gasteiger partial charge >= 0.3 is 5.97 Å². The van der Waals surface area contributed by atoms with Crippen molar-refractivity contribution in [1.29, 1.82) is 0 Å². The van der Waals surface area contributed by atoms with Crippen LogP contribution in [0.15, 0.2) is 57.6 Å². The van der Waals surface area contributed by atoms with Crippen molar-refractivity contribution in [3.05, 3.63) is 63.8 Å². The molecule has 0 aliphatic carbocycles. The Hall–Kier alpha value is -2.60. The molecular formula is C18H14BrNO4. The van der Waals surface area contributed by atoms with Gasteiger partial charge in [0, 0.05) is 15.6 Å². The van der Waals surface area contributed by atoms with Crippen LogP contribution in [0.1, 0.15) is 11.1 Å². The van der Waals surface area contributed by atoms with Gasteiger partial charge in [-0.15, -0.1) is 0 Å². The summed E-state index contributed by atoms with van der Waals surface area (Å²) in [4.78, 5) is 16.4. The number of carbonyl (C=O) groups is 1. The minimum absolute atomic E-state index is 0.212. The van der Waals surface area contributed by atoms with Crippen molar-refractivity contribution in [3.63, 3.8) is 0 Å². The van der Waals surface area contributed by atoms with E-state index in [0.29, 0.717) is 17.1 Å². The van der Waals surface area contributed by atoms with E-state index in [9.17, 15) is 4.79 Å². The topological polar surface area (TPSA) is 57.1 Å². The van der Waals surface area contributed by atoms with E-state index in [1.807, 2.05) is 30.3 Å². The van der Waals surface area contributed by atoms with Crippen molar-refractivity contribution in [1.82, 2.24) is 0 Å². The molecule has 6 heteroatoms. The van der Waals surface area contributed by atoms with Gasteiger partial charge in [-0.2, -0.15) is 0 Å². The third kappa shape index (κ3) is 3.33. The SMILES string of the molecule is COc1cccc(C2=N/C(=C/c3cc(Br)ccc3OC)C(=O)O2)c1. The Balaban J connectivity index is 1.98. The van der Waals surface area contributed by atoms with E-state index in [-0.39, 0.29) is 11.6 Å². The van der Waals surface area contributed by atoms with Crippen molar-refractivity contribution < 1.29 is 19.0 Å². The summed E-state index contributed by atoms with van der Waals surface area (Å²) >= 11 is 3.40. The molecular weight excluding hydrogens is 374 g/mol. The Bertz CT molecular complexity index is 858. The van der Waals surface area contributed by atoms with Crippen molar-refractivity contribution in [3.8, 4) is 11.5 Å². The monoisotopic (exact) mass is 387 g/mol. The van der Waals surface area contributed by atoms with Crippen LogP contribution in [0.3, 0.4) is 0 Å². The molecule has 0 saturated heterocycles. The molecule has 0 unspecified atom stereocenters. The number of rotatable bonds is 4. The van der Waals surface area contributed by atoms with Crippen LogP contribution in [0, 0.1) is 0 Å². The van der Waals surface area contributed by atoms with Crippen LogP contribution in [0.5, 0.6) is 11.5 Å². The number of cyclic esters (lactones) is 1. The number of halogens is 1. The average Bonchev–Trinajstić information content (AvgIpc) is 2.96. The summed E-state index contributed by atoms with van der Waals surface area (Å²) in [7, 11) is 3.15. The lowest BCUT2D eigenvalue weighted by Gasteiger charge is -2.04. The van der Waals surface area contributed by atoms with Crippen molar-refractivity contribution in [2.75, 3.05) is 14.2 Å². The van der Waals surface area contributed by atoms with Gasteiger partial charge in [0.15, 0.2) is 5.70 Å². The Morgan fingerprint density at radius 3 is 2.71 bits per heavy atom. The lowest BCUT2D eigenvalue weighted by molar-refractivity contribution is -0.129. The predicted molar refractivity (Wildman–Crippen MR) is 94.3 cm³/mol. The Kier molecular flexibility index (Phi) is 4.66. The van der Waals surface area contributed by atoms with Gasteiger partial charge in [0.25, 0.3) is 0 Å². The maximum absolute atomic E-state index is 12.1. The first-order valence-corrected chi connectivity index (χ1v) is 7.90. The minimum Gasteiger partial charge on any atom is -0.497 e. The summed E-state index contributed by atoms with van der Waals surface area (Å²) in [6.07, 6.45) is 1.64. The smallest absolute Gasteiger partial charge is 0.363 e. The molecule has 1 aliphatic heterocycles. The Labute approximate surface area is 147 Å². The van der Waals surface area contributed by atoms with Gasteiger partial charge in [0.1, 0.15) is 11.5 Å². The molecule has 0 spiro atoms. The molecule has 0 fully saturated rings. The van der Waals surface area contributed by atoms with E-state index in [0.717, 1.165) is 10.0 Å². The number of nitrogens with zero attached hydrogens (tertiary/aromatic N) is 1. The van der Waals surface area contributed by atoms with Crippen LogP contribution < -0.4 is 9.47 Å². The molecule has 0 atom stereocenters. The van der Waals surface area contributed by atoms with Gasteiger partial charge < -0.3 is 14.2 Å². The molecule has 1 aliphatic rings. The number of ether oxygens (including phenoxy) is 3. The summed E-state index contributed by atoms with van der Waals surface area (Å²) in [5.74, 6) is 1.05. The molecule has 0 radical (unpaired) electrons. The van der Waals surface area contributed by atoms with Gasteiger partial charge in [-0.3, -0.25) is 0 Å². The highest BCUT2D eigenvalue weighted by Gasteiger charge is 2.24. The van der Waals surface area contributed by atoms with Gasteiger partial charge in [-0.05, 0) is 42.5 Å². The van der Waals surface area contributed by atoms with Crippen LogP contribution in [-0.4, -0.2) is 26.1 Å². The molecule has 0 N–H and O–H groups in total. The zero-order chi connectivity index (χ0) is 17.1. The second-order valence-corrected chi connectivity index (χ2v) is 5.87. The summed E-state index contributed by atoms with van der Waals surface area (Å²) in [6, 6.07) is 12.7. The zero-order valence-electron chi connectivity index (χ0n) is 13.1. The van der Waals surface area contributed by atoms with E-state index in [2.05, 4.69) is 20.9 Å². The molecule has 0 bridgehead atoms. The lowest BCUT2D eigenvalue weighted by atomic mass is 10.1. The van der Waals surface area contributed by atoms with Crippen molar-refractivity contribution >= 4 is 33.9 Å². The molecule has 0 saturated carbocycles. The number of benzene rings is 2. The van der Waals surface area contributed by atoms with Gasteiger partial charge in [-0.25, -0.2) is 9.79 Å². The van der Waals surface area contributed by atoms with Crippen LogP contribution in [0.2, 0.25) is 0 Å². The second-order valence-electron chi connectivity index (χ2n) is 4.95. The van der Waals surface area contributed by atoms with E-state index < -0.39 is 5.97 Å². The van der Waals surface area contributed by atoms with Gasteiger partial charge in [0.05, 0.1) is 14.2 Å². The number of hydrogen-bond acceptors (Lipinski definition) is 5. The normalized spacial score (nSPS) is 15.2. The van der Waals surface area contributed by atoms with E-state index >= 15 is 0 Å². The first-order chi connectivity index (χ1) is 11.6. The zero-order valence-corrected chi connectivity index (χ0v) is 14.7. The minimum atomic E-state index is -0.505. The highest BCUT2D eigenvalue weighted by atomic mass is 79.9. The highest BCUT2D eigenvalue weighted by molar-refractivity contribution is 9.10. The molecule has 2 aromatic carbocycles. The maximum atomic E-state index is 12.1. The maximum Gasteiger partial charge on any atom is 0.363 e. The second kappa shape index (κ2) is 6.88. The van der Waals surface area contributed by atoms with Crippen LogP contribution in [-0.2, 0) is 9.53 Å². The molecule has 2 aromatic rings. The van der Waals surface area contributed by atoms with Gasteiger partial charge in [-0.1, -0.05) is 22.0 Å². The number of hydrogen-bond donors (Lipinski definition) is 0. The summed E-state index contributed by atoms with van der Waals surface area (Å²) in [6.45, 7) is 0. The Morgan fingerprint density at radius 1 is 1.12 bits per heavy atom. The van der Waals surface area contributed by atoms with Crippen molar-refractivity contribution in [2.24, 2.45) is 4.99 Å². The molecule has 0 amide bonds. The fourth-order valence-corrected chi connectivity index (χ4v) is 2.63. The molecule has 3 rings (SSSR count). The van der Waals surface area contributed by atoms with E-state index in [1.54, 1.807) is 32.4 Å². The predicted octanol–water partition coefficient (Wildman–Crippen LogP) is 3.81. The summed E-state index contributed by atoms with van der Waals surface area (Å²) in [5, 5.41) is 0. The van der Waals surface area contributed by atoms with Crippen LogP contribution in [0.25, 0.3) is 6.08 Å². The largest absolute Gasteiger partial charge is 0.497 e. The molecule has 0 aromatic heterocycles. The fourth-order valence-electron chi connectivity index (χ4n) is 2.25.